The molecule has 1 rings (SSSR count). The van der Waals surface area contributed by atoms with Gasteiger partial charge in [0.1, 0.15) is 0 Å². The molecule has 0 aromatic heterocycles. The van der Waals surface area contributed by atoms with Crippen LogP contribution in [0.2, 0.25) is 0 Å². The fraction of sp³-hybridized carbons (Fsp3) is 0.333. The van der Waals surface area contributed by atoms with Crippen LogP contribution in [0, 0.1) is 0 Å². The zero-order valence-corrected chi connectivity index (χ0v) is 7.54. The first-order chi connectivity index (χ1) is 6.45. The second kappa shape index (κ2) is 3.88. The number of benzene rings is 1. The molecule has 78 valence electrons. The molecule has 2 nitrogen and oxygen atoms in total. The van der Waals surface area contributed by atoms with Crippen molar-refractivity contribution in [2.24, 2.45) is 0 Å². The van der Waals surface area contributed by atoms with Crippen molar-refractivity contribution in [2.45, 2.75) is 12.9 Å². The Labute approximate surface area is 79.6 Å². The molecule has 14 heavy (non-hydrogen) atoms. The monoisotopic (exact) mass is 205 g/mol. The Balaban J connectivity index is 2.87. The lowest BCUT2D eigenvalue weighted by molar-refractivity contribution is -0.125. The molecule has 0 atom stereocenters. The van der Waals surface area contributed by atoms with Crippen LogP contribution in [-0.4, -0.2) is 18.5 Å². The number of halogens is 3. The highest BCUT2D eigenvalue weighted by molar-refractivity contribution is 5.47. The summed E-state index contributed by atoms with van der Waals surface area (Å²) in [6, 6.07) is 5.55. The minimum absolute atomic E-state index is 0.0506. The van der Waals surface area contributed by atoms with E-state index in [1.54, 1.807) is 0 Å². The van der Waals surface area contributed by atoms with E-state index in [2.05, 4.69) is 0 Å². The van der Waals surface area contributed by atoms with Crippen LogP contribution in [0.25, 0.3) is 0 Å². The van der Waals surface area contributed by atoms with E-state index in [0.717, 1.165) is 7.05 Å². The van der Waals surface area contributed by atoms with Crippen molar-refractivity contribution < 1.29 is 18.3 Å². The standard InChI is InChI=1S/C9H10F3NO/c1-13(9(10,11)12)8-4-2-7(6-14)3-5-8/h2-5,14H,6H2,1H3. The highest BCUT2D eigenvalue weighted by atomic mass is 19.4. The molecule has 0 aliphatic rings. The average Bonchev–Trinajstić information content (AvgIpc) is 2.15. The van der Waals surface area contributed by atoms with Crippen LogP contribution >= 0.6 is 0 Å². The van der Waals surface area contributed by atoms with Gasteiger partial charge in [0.05, 0.1) is 6.61 Å². The number of hydrogen-bond donors (Lipinski definition) is 1. The van der Waals surface area contributed by atoms with E-state index in [9.17, 15) is 13.2 Å². The number of nitrogens with zero attached hydrogens (tertiary/aromatic N) is 1. The number of hydrogen-bond acceptors (Lipinski definition) is 2. The Morgan fingerprint density at radius 3 is 2.07 bits per heavy atom. The van der Waals surface area contributed by atoms with Crippen molar-refractivity contribution in [3.05, 3.63) is 29.8 Å². The van der Waals surface area contributed by atoms with Crippen LogP contribution in [-0.2, 0) is 6.61 Å². The molecule has 0 saturated heterocycles. The molecular weight excluding hydrogens is 195 g/mol. The number of rotatable bonds is 2. The van der Waals surface area contributed by atoms with Gasteiger partial charge in [-0.3, -0.25) is 4.90 Å². The molecule has 0 aliphatic carbocycles. The summed E-state index contributed by atoms with van der Waals surface area (Å²) in [6.07, 6.45) is -4.37. The second-order valence-electron chi connectivity index (χ2n) is 2.85. The van der Waals surface area contributed by atoms with E-state index in [0.29, 0.717) is 5.56 Å². The van der Waals surface area contributed by atoms with E-state index in [-0.39, 0.29) is 17.2 Å². The predicted molar refractivity (Wildman–Crippen MR) is 46.8 cm³/mol. The van der Waals surface area contributed by atoms with Gasteiger partial charge in [-0.25, -0.2) is 0 Å². The SMILES string of the molecule is CN(c1ccc(CO)cc1)C(F)(F)F. The number of anilines is 1. The first-order valence-corrected chi connectivity index (χ1v) is 3.95. The van der Waals surface area contributed by atoms with Crippen molar-refractivity contribution in [3.63, 3.8) is 0 Å². The van der Waals surface area contributed by atoms with E-state index in [1.165, 1.54) is 24.3 Å². The lowest BCUT2D eigenvalue weighted by Gasteiger charge is -2.22. The summed E-state index contributed by atoms with van der Waals surface area (Å²) in [5, 5.41) is 8.69. The molecular formula is C9H10F3NO. The molecule has 1 aromatic rings. The van der Waals surface area contributed by atoms with Gasteiger partial charge in [-0.05, 0) is 17.7 Å². The lowest BCUT2D eigenvalue weighted by atomic mass is 10.2. The number of alkyl halides is 3. The highest BCUT2D eigenvalue weighted by Crippen LogP contribution is 2.26. The van der Waals surface area contributed by atoms with E-state index in [1.807, 2.05) is 0 Å². The maximum atomic E-state index is 12.2. The third-order valence-corrected chi connectivity index (χ3v) is 1.89. The van der Waals surface area contributed by atoms with E-state index < -0.39 is 6.30 Å². The van der Waals surface area contributed by atoms with Gasteiger partial charge in [0.15, 0.2) is 0 Å². The largest absolute Gasteiger partial charge is 0.484 e. The fourth-order valence-electron chi connectivity index (χ4n) is 0.971. The van der Waals surface area contributed by atoms with Crippen LogP contribution in [0.3, 0.4) is 0 Å². The van der Waals surface area contributed by atoms with E-state index >= 15 is 0 Å². The molecule has 0 heterocycles. The van der Waals surface area contributed by atoms with Crippen LogP contribution < -0.4 is 4.90 Å². The molecule has 0 unspecified atom stereocenters. The Kier molecular flexibility index (Phi) is 3.00. The van der Waals surface area contributed by atoms with Gasteiger partial charge in [-0.2, -0.15) is 13.2 Å². The van der Waals surface area contributed by atoms with Gasteiger partial charge in [-0.1, -0.05) is 12.1 Å². The number of aliphatic hydroxyl groups excluding tert-OH is 1. The molecule has 0 bridgehead atoms. The summed E-state index contributed by atoms with van der Waals surface area (Å²) in [5.41, 5.74) is 0.638. The minimum Gasteiger partial charge on any atom is -0.392 e. The van der Waals surface area contributed by atoms with Crippen molar-refractivity contribution in [1.29, 1.82) is 0 Å². The molecule has 0 spiro atoms. The summed E-state index contributed by atoms with van der Waals surface area (Å²) in [7, 11) is 0.952. The Bertz CT molecular complexity index is 294. The van der Waals surface area contributed by atoms with Crippen LogP contribution in [0.1, 0.15) is 5.56 Å². The zero-order chi connectivity index (χ0) is 10.8. The van der Waals surface area contributed by atoms with Crippen LogP contribution in [0.15, 0.2) is 24.3 Å². The van der Waals surface area contributed by atoms with Gasteiger partial charge in [0.25, 0.3) is 0 Å². The third kappa shape index (κ3) is 2.38. The molecule has 0 amide bonds. The Morgan fingerprint density at radius 2 is 1.71 bits per heavy atom. The maximum absolute atomic E-state index is 12.2. The average molecular weight is 205 g/mol. The van der Waals surface area contributed by atoms with Gasteiger partial charge < -0.3 is 5.11 Å². The molecule has 1 N–H and O–H groups in total. The van der Waals surface area contributed by atoms with Crippen LogP contribution in [0.5, 0.6) is 0 Å². The van der Waals surface area contributed by atoms with Gasteiger partial charge in [0.2, 0.25) is 0 Å². The Hall–Kier alpha value is -1.23. The van der Waals surface area contributed by atoms with Gasteiger partial charge in [-0.15, -0.1) is 0 Å². The topological polar surface area (TPSA) is 23.5 Å². The molecule has 0 fully saturated rings. The maximum Gasteiger partial charge on any atom is 0.484 e. The molecule has 0 radical (unpaired) electrons. The van der Waals surface area contributed by atoms with Crippen molar-refractivity contribution in [3.8, 4) is 0 Å². The van der Waals surface area contributed by atoms with Gasteiger partial charge >= 0.3 is 6.30 Å². The summed E-state index contributed by atoms with van der Waals surface area (Å²) in [6.45, 7) is -0.171. The summed E-state index contributed by atoms with van der Waals surface area (Å²) < 4.78 is 36.6. The number of aliphatic hydroxyl groups is 1. The van der Waals surface area contributed by atoms with Crippen molar-refractivity contribution in [1.82, 2.24) is 0 Å². The van der Waals surface area contributed by atoms with E-state index in [4.69, 9.17) is 5.11 Å². The normalized spacial score (nSPS) is 11.5. The predicted octanol–water partition coefficient (Wildman–Crippen LogP) is 2.13. The quantitative estimate of drug-likeness (QED) is 0.747. The third-order valence-electron chi connectivity index (χ3n) is 1.89. The molecule has 5 heteroatoms. The zero-order valence-electron chi connectivity index (χ0n) is 7.54. The Morgan fingerprint density at radius 1 is 1.21 bits per heavy atom. The summed E-state index contributed by atoms with van der Waals surface area (Å²) in [4.78, 5) is 0.216. The summed E-state index contributed by atoms with van der Waals surface area (Å²) >= 11 is 0. The van der Waals surface area contributed by atoms with Crippen molar-refractivity contribution >= 4 is 5.69 Å². The highest BCUT2D eigenvalue weighted by Gasteiger charge is 2.34. The molecule has 0 aliphatic heterocycles. The van der Waals surface area contributed by atoms with Crippen molar-refractivity contribution in [2.75, 3.05) is 11.9 Å². The second-order valence-corrected chi connectivity index (χ2v) is 2.85. The first kappa shape index (κ1) is 10.8. The van der Waals surface area contributed by atoms with Crippen LogP contribution in [0.4, 0.5) is 18.9 Å². The molecule has 1 aromatic carbocycles. The lowest BCUT2D eigenvalue weighted by Crippen LogP contribution is -2.33. The smallest absolute Gasteiger partial charge is 0.392 e. The fourth-order valence-corrected chi connectivity index (χ4v) is 0.971. The molecule has 0 saturated carbocycles. The minimum atomic E-state index is -4.37. The first-order valence-electron chi connectivity index (χ1n) is 3.95. The summed E-state index contributed by atoms with van der Waals surface area (Å²) in [5.74, 6) is 0. The van der Waals surface area contributed by atoms with Gasteiger partial charge in [0, 0.05) is 12.7 Å².